The van der Waals surface area contributed by atoms with Gasteiger partial charge in [0, 0.05) is 5.69 Å². The maximum absolute atomic E-state index is 4.37. The van der Waals surface area contributed by atoms with E-state index in [0.29, 0.717) is 3.92 Å². The summed E-state index contributed by atoms with van der Waals surface area (Å²) in [5.41, 5.74) is 2.27. The molecule has 0 aliphatic heterocycles. The molecule has 10 heavy (non-hydrogen) atoms. The van der Waals surface area contributed by atoms with Gasteiger partial charge < -0.3 is 0 Å². The Bertz CT molecular complexity index is 220. The van der Waals surface area contributed by atoms with E-state index in [0.717, 1.165) is 5.69 Å². The maximum Gasteiger partial charge on any atom is 0.0532 e. The van der Waals surface area contributed by atoms with E-state index in [1.165, 1.54) is 5.69 Å². The lowest BCUT2D eigenvalue weighted by atomic mass is 10.3. The van der Waals surface area contributed by atoms with Crippen LogP contribution in [0.4, 0.5) is 0 Å². The van der Waals surface area contributed by atoms with Crippen molar-refractivity contribution >= 4 is 22.6 Å². The second-order valence-corrected chi connectivity index (χ2v) is 4.19. The van der Waals surface area contributed by atoms with Crippen LogP contribution in [0.15, 0.2) is 18.2 Å². The SMILES string of the molecule is Cc1cccc([C@@H](C)I)n1. The van der Waals surface area contributed by atoms with Crippen LogP contribution in [0.5, 0.6) is 0 Å². The van der Waals surface area contributed by atoms with E-state index in [1.54, 1.807) is 0 Å². The van der Waals surface area contributed by atoms with E-state index in [2.05, 4.69) is 40.6 Å². The Morgan fingerprint density at radius 1 is 1.50 bits per heavy atom. The smallest absolute Gasteiger partial charge is 0.0532 e. The molecule has 0 N–H and O–H groups in total. The van der Waals surface area contributed by atoms with Gasteiger partial charge in [0.2, 0.25) is 0 Å². The predicted octanol–water partition coefficient (Wildman–Crippen LogP) is 2.89. The lowest BCUT2D eigenvalue weighted by Gasteiger charge is -2.01. The molecule has 0 amide bonds. The van der Waals surface area contributed by atoms with Gasteiger partial charge in [-0.2, -0.15) is 0 Å². The summed E-state index contributed by atoms with van der Waals surface area (Å²) in [5, 5.41) is 0. The molecular weight excluding hydrogens is 237 g/mol. The van der Waals surface area contributed by atoms with Gasteiger partial charge in [-0.1, -0.05) is 28.7 Å². The number of alkyl halides is 1. The van der Waals surface area contributed by atoms with Crippen LogP contribution in [0, 0.1) is 6.92 Å². The second-order valence-electron chi connectivity index (χ2n) is 2.32. The number of aromatic nitrogens is 1. The zero-order chi connectivity index (χ0) is 7.56. The minimum absolute atomic E-state index is 0.512. The molecule has 0 saturated heterocycles. The van der Waals surface area contributed by atoms with Crippen molar-refractivity contribution in [2.45, 2.75) is 17.8 Å². The fourth-order valence-corrected chi connectivity index (χ4v) is 1.13. The van der Waals surface area contributed by atoms with Crippen LogP contribution in [0.3, 0.4) is 0 Å². The molecule has 0 radical (unpaired) electrons. The van der Waals surface area contributed by atoms with Crippen molar-refractivity contribution in [2.24, 2.45) is 0 Å². The molecule has 2 heteroatoms. The normalized spacial score (nSPS) is 13.1. The van der Waals surface area contributed by atoms with E-state index in [9.17, 15) is 0 Å². The van der Waals surface area contributed by atoms with Gasteiger partial charge >= 0.3 is 0 Å². The van der Waals surface area contributed by atoms with E-state index in [1.807, 2.05) is 19.1 Å². The quantitative estimate of drug-likeness (QED) is 0.549. The molecule has 1 atom stereocenters. The first-order valence-corrected chi connectivity index (χ1v) is 4.52. The Hall–Kier alpha value is -0.120. The van der Waals surface area contributed by atoms with Crippen molar-refractivity contribution in [1.29, 1.82) is 0 Å². The van der Waals surface area contributed by atoms with Gasteiger partial charge in [0.1, 0.15) is 0 Å². The third-order valence-corrected chi connectivity index (χ3v) is 1.96. The zero-order valence-corrected chi connectivity index (χ0v) is 8.29. The monoisotopic (exact) mass is 247 g/mol. The Morgan fingerprint density at radius 3 is 2.60 bits per heavy atom. The number of pyridine rings is 1. The number of hydrogen-bond donors (Lipinski definition) is 0. The first-order valence-electron chi connectivity index (χ1n) is 3.28. The lowest BCUT2D eigenvalue weighted by molar-refractivity contribution is 1.01. The van der Waals surface area contributed by atoms with E-state index < -0.39 is 0 Å². The Balaban J connectivity index is 2.96. The van der Waals surface area contributed by atoms with E-state index >= 15 is 0 Å². The molecule has 1 rings (SSSR count). The Morgan fingerprint density at radius 2 is 2.20 bits per heavy atom. The van der Waals surface area contributed by atoms with Crippen LogP contribution < -0.4 is 0 Å². The summed E-state index contributed by atoms with van der Waals surface area (Å²) in [7, 11) is 0. The van der Waals surface area contributed by atoms with E-state index in [4.69, 9.17) is 0 Å². The third kappa shape index (κ3) is 1.94. The molecule has 1 aromatic heterocycles. The minimum Gasteiger partial charge on any atom is -0.257 e. The average molecular weight is 247 g/mol. The highest BCUT2D eigenvalue weighted by Gasteiger charge is 1.99. The van der Waals surface area contributed by atoms with Crippen molar-refractivity contribution in [3.63, 3.8) is 0 Å². The summed E-state index contributed by atoms with van der Waals surface area (Å²) in [5.74, 6) is 0. The molecule has 0 fully saturated rings. The molecule has 54 valence electrons. The third-order valence-electron chi connectivity index (χ3n) is 1.32. The molecule has 0 spiro atoms. The molecule has 1 aromatic rings. The molecule has 0 saturated carbocycles. The first-order chi connectivity index (χ1) is 4.70. The fraction of sp³-hybridized carbons (Fsp3) is 0.375. The number of halogens is 1. The van der Waals surface area contributed by atoms with Crippen LogP contribution in [-0.2, 0) is 0 Å². The molecule has 1 heterocycles. The van der Waals surface area contributed by atoms with E-state index in [-0.39, 0.29) is 0 Å². The Labute approximate surface area is 75.0 Å². The van der Waals surface area contributed by atoms with Gasteiger partial charge in [-0.3, -0.25) is 4.98 Å². The molecule has 0 aliphatic rings. The van der Waals surface area contributed by atoms with Gasteiger partial charge in [-0.05, 0) is 26.0 Å². The molecule has 0 bridgehead atoms. The van der Waals surface area contributed by atoms with Crippen molar-refractivity contribution < 1.29 is 0 Å². The van der Waals surface area contributed by atoms with Gasteiger partial charge in [0.05, 0.1) is 9.62 Å². The van der Waals surface area contributed by atoms with Crippen LogP contribution >= 0.6 is 22.6 Å². The molecule has 0 aromatic carbocycles. The van der Waals surface area contributed by atoms with Gasteiger partial charge in [-0.15, -0.1) is 0 Å². The predicted molar refractivity (Wildman–Crippen MR) is 51.4 cm³/mol. The van der Waals surface area contributed by atoms with Gasteiger partial charge in [0.25, 0.3) is 0 Å². The van der Waals surface area contributed by atoms with Gasteiger partial charge in [-0.25, -0.2) is 0 Å². The van der Waals surface area contributed by atoms with Crippen LogP contribution in [0.2, 0.25) is 0 Å². The van der Waals surface area contributed by atoms with Gasteiger partial charge in [0.15, 0.2) is 0 Å². The van der Waals surface area contributed by atoms with Crippen LogP contribution in [0.1, 0.15) is 22.2 Å². The molecular formula is C8H10IN. The summed E-state index contributed by atoms with van der Waals surface area (Å²) in [6.07, 6.45) is 0. The topological polar surface area (TPSA) is 12.9 Å². The molecule has 0 aliphatic carbocycles. The summed E-state index contributed by atoms with van der Waals surface area (Å²) in [4.78, 5) is 4.37. The summed E-state index contributed by atoms with van der Waals surface area (Å²) in [6.45, 7) is 4.16. The highest BCUT2D eigenvalue weighted by atomic mass is 127. The standard InChI is InChI=1S/C8H10IN/c1-6-4-3-5-8(10-6)7(2)9/h3-5,7H,1-2H3/t7-/m1/s1. The first kappa shape index (κ1) is 7.98. The number of rotatable bonds is 1. The Kier molecular flexibility index (Phi) is 2.65. The number of aryl methyl sites for hydroxylation is 1. The highest BCUT2D eigenvalue weighted by molar-refractivity contribution is 14.1. The maximum atomic E-state index is 4.37. The zero-order valence-electron chi connectivity index (χ0n) is 6.13. The van der Waals surface area contributed by atoms with Crippen molar-refractivity contribution in [2.75, 3.05) is 0 Å². The molecule has 1 nitrogen and oxygen atoms in total. The van der Waals surface area contributed by atoms with Crippen molar-refractivity contribution in [1.82, 2.24) is 4.98 Å². The largest absolute Gasteiger partial charge is 0.257 e. The fourth-order valence-electron chi connectivity index (χ4n) is 0.786. The molecule has 0 unspecified atom stereocenters. The average Bonchev–Trinajstić information content (AvgIpc) is 1.88. The van der Waals surface area contributed by atoms with Crippen LogP contribution in [0.25, 0.3) is 0 Å². The number of nitrogens with zero attached hydrogens (tertiary/aromatic N) is 1. The highest BCUT2D eigenvalue weighted by Crippen LogP contribution is 2.19. The summed E-state index contributed by atoms with van der Waals surface area (Å²) in [6, 6.07) is 6.12. The van der Waals surface area contributed by atoms with Crippen molar-refractivity contribution in [3.05, 3.63) is 29.6 Å². The summed E-state index contributed by atoms with van der Waals surface area (Å²) >= 11 is 2.36. The minimum atomic E-state index is 0.512. The van der Waals surface area contributed by atoms with Crippen LogP contribution in [-0.4, -0.2) is 4.98 Å². The second kappa shape index (κ2) is 3.32. The van der Waals surface area contributed by atoms with Crippen molar-refractivity contribution in [3.8, 4) is 0 Å². The lowest BCUT2D eigenvalue weighted by Crippen LogP contribution is -1.90. The number of hydrogen-bond acceptors (Lipinski definition) is 1. The summed E-state index contributed by atoms with van der Waals surface area (Å²) < 4.78 is 0.512.